The summed E-state index contributed by atoms with van der Waals surface area (Å²) in [5, 5.41) is 14.0. The Kier molecular flexibility index (Phi) is 7.46. The first-order valence-corrected chi connectivity index (χ1v) is 13.3. The molecule has 0 saturated heterocycles. The van der Waals surface area contributed by atoms with Crippen LogP contribution in [-0.4, -0.2) is 30.1 Å². The van der Waals surface area contributed by atoms with E-state index in [1.807, 2.05) is 17.7 Å². The highest BCUT2D eigenvalue weighted by Crippen LogP contribution is 2.33. The van der Waals surface area contributed by atoms with E-state index < -0.39 is 0 Å². The van der Waals surface area contributed by atoms with Crippen LogP contribution in [0.4, 0.5) is 4.39 Å². The third-order valence-corrected chi connectivity index (χ3v) is 7.61. The van der Waals surface area contributed by atoms with Crippen LogP contribution in [-0.2, 0) is 13.1 Å². The number of tetrazole rings is 1. The van der Waals surface area contributed by atoms with Gasteiger partial charge < -0.3 is 4.98 Å². The lowest BCUT2D eigenvalue weighted by Gasteiger charge is -2.32. The number of hydrogen-bond donors (Lipinski definition) is 1. The quantitative estimate of drug-likeness (QED) is 0.323. The van der Waals surface area contributed by atoms with Gasteiger partial charge in [0, 0.05) is 18.7 Å². The van der Waals surface area contributed by atoms with E-state index in [0.29, 0.717) is 24.7 Å². The zero-order valence-electron chi connectivity index (χ0n) is 21.9. The molecule has 0 amide bonds. The Labute approximate surface area is 216 Å². The maximum atomic E-state index is 13.7. The first-order valence-electron chi connectivity index (χ1n) is 13.3. The summed E-state index contributed by atoms with van der Waals surface area (Å²) < 4.78 is 15.7. The molecule has 5 rings (SSSR count). The molecule has 37 heavy (non-hydrogen) atoms. The van der Waals surface area contributed by atoms with Gasteiger partial charge in [-0.15, -0.1) is 5.10 Å². The molecule has 2 aromatic carbocycles. The maximum Gasteiger partial charge on any atom is 0.252 e. The molecule has 1 aliphatic rings. The number of rotatable bonds is 8. The number of aromatic nitrogens is 5. The van der Waals surface area contributed by atoms with Crippen LogP contribution < -0.4 is 5.56 Å². The third-order valence-electron chi connectivity index (χ3n) is 7.61. The first-order chi connectivity index (χ1) is 17.9. The molecule has 1 saturated carbocycles. The largest absolute Gasteiger partial charge is 0.321 e. The van der Waals surface area contributed by atoms with Crippen LogP contribution in [0.3, 0.4) is 0 Å². The standard InChI is InChI=1S/C29H35FN6O/c1-4-26(28-32-33-34-36(28)25-8-6-5-7-9-25)35(17-21-10-12-24(30)13-11-21)18-23-16-22-15-19(2)14-20(3)27(22)31-29(23)37/h10-16,25-26H,4-9,17-18H2,1-3H3,(H,31,37)/t26-/m1/s1. The number of halogens is 1. The van der Waals surface area contributed by atoms with Crippen LogP contribution in [0.1, 0.15) is 85.6 Å². The molecule has 1 N–H and O–H groups in total. The second-order valence-corrected chi connectivity index (χ2v) is 10.4. The van der Waals surface area contributed by atoms with E-state index >= 15 is 0 Å². The fraction of sp³-hybridized carbons (Fsp3) is 0.448. The average molecular weight is 503 g/mol. The topological polar surface area (TPSA) is 79.7 Å². The number of aromatic amines is 1. The molecule has 1 atom stereocenters. The van der Waals surface area contributed by atoms with Crippen LogP contribution >= 0.6 is 0 Å². The van der Waals surface area contributed by atoms with E-state index in [2.05, 4.69) is 51.4 Å². The molecular weight excluding hydrogens is 467 g/mol. The zero-order valence-corrected chi connectivity index (χ0v) is 21.9. The summed E-state index contributed by atoms with van der Waals surface area (Å²) in [5.41, 5.74) is 4.65. The van der Waals surface area contributed by atoms with Crippen molar-refractivity contribution in [2.24, 2.45) is 0 Å². The number of H-pyrrole nitrogens is 1. The van der Waals surface area contributed by atoms with Gasteiger partial charge in [-0.25, -0.2) is 9.07 Å². The SMILES string of the molecule is CC[C@H](c1nnnn1C1CCCCC1)N(Cc1ccc(F)cc1)Cc1cc2cc(C)cc(C)c2[nH]c1=O. The normalized spacial score (nSPS) is 15.5. The van der Waals surface area contributed by atoms with Gasteiger partial charge in [-0.3, -0.25) is 9.69 Å². The minimum atomic E-state index is -0.264. The summed E-state index contributed by atoms with van der Waals surface area (Å²) in [6.45, 7) is 7.17. The van der Waals surface area contributed by atoms with E-state index in [9.17, 15) is 9.18 Å². The number of hydrogen-bond acceptors (Lipinski definition) is 5. The highest BCUT2D eigenvalue weighted by atomic mass is 19.1. The second-order valence-electron chi connectivity index (χ2n) is 10.4. The van der Waals surface area contributed by atoms with E-state index in [0.717, 1.165) is 52.7 Å². The van der Waals surface area contributed by atoms with Crippen LogP contribution in [0.15, 0.2) is 47.3 Å². The first kappa shape index (κ1) is 25.3. The number of aryl methyl sites for hydroxylation is 2. The molecule has 0 bridgehead atoms. The molecule has 1 aliphatic carbocycles. The second kappa shape index (κ2) is 10.9. The number of nitrogens with zero attached hydrogens (tertiary/aromatic N) is 5. The summed E-state index contributed by atoms with van der Waals surface area (Å²) in [7, 11) is 0. The molecule has 2 heterocycles. The van der Waals surface area contributed by atoms with Gasteiger partial charge in [0.05, 0.1) is 17.6 Å². The van der Waals surface area contributed by atoms with Crippen LogP contribution in [0.2, 0.25) is 0 Å². The molecule has 0 unspecified atom stereocenters. The lowest BCUT2D eigenvalue weighted by atomic mass is 9.95. The molecule has 0 radical (unpaired) electrons. The number of pyridine rings is 1. The predicted molar refractivity (Wildman–Crippen MR) is 143 cm³/mol. The molecular formula is C29H35FN6O. The van der Waals surface area contributed by atoms with Crippen molar-refractivity contribution in [3.63, 3.8) is 0 Å². The van der Waals surface area contributed by atoms with Crippen LogP contribution in [0, 0.1) is 19.7 Å². The van der Waals surface area contributed by atoms with Gasteiger partial charge in [0.1, 0.15) is 5.82 Å². The van der Waals surface area contributed by atoms with Crippen LogP contribution in [0.25, 0.3) is 10.9 Å². The Hall–Kier alpha value is -3.39. The third kappa shape index (κ3) is 5.49. The highest BCUT2D eigenvalue weighted by Gasteiger charge is 2.29. The molecule has 7 nitrogen and oxygen atoms in total. The Morgan fingerprint density at radius 2 is 1.84 bits per heavy atom. The number of nitrogens with one attached hydrogen (secondary N) is 1. The van der Waals surface area contributed by atoms with E-state index in [-0.39, 0.29) is 17.4 Å². The molecule has 2 aromatic heterocycles. The zero-order chi connectivity index (χ0) is 25.9. The number of benzene rings is 2. The van der Waals surface area contributed by atoms with Gasteiger partial charge in [0.25, 0.3) is 5.56 Å². The van der Waals surface area contributed by atoms with Gasteiger partial charge in [-0.1, -0.05) is 49.9 Å². The van der Waals surface area contributed by atoms with Gasteiger partial charge >= 0.3 is 0 Å². The van der Waals surface area contributed by atoms with Crippen LogP contribution in [0.5, 0.6) is 0 Å². The minimum Gasteiger partial charge on any atom is -0.321 e. The van der Waals surface area contributed by atoms with Crippen molar-refractivity contribution in [1.82, 2.24) is 30.1 Å². The van der Waals surface area contributed by atoms with Gasteiger partial charge in [-0.05, 0) is 84.3 Å². The number of fused-ring (bicyclic) bond motifs is 1. The van der Waals surface area contributed by atoms with Crippen molar-refractivity contribution in [2.45, 2.75) is 84.5 Å². The van der Waals surface area contributed by atoms with Gasteiger partial charge in [0.2, 0.25) is 0 Å². The van der Waals surface area contributed by atoms with Crippen molar-refractivity contribution in [3.05, 3.63) is 86.7 Å². The average Bonchev–Trinajstić information content (AvgIpc) is 3.37. The molecule has 4 aromatic rings. The Morgan fingerprint density at radius 3 is 2.57 bits per heavy atom. The lowest BCUT2D eigenvalue weighted by Crippen LogP contribution is -2.33. The van der Waals surface area contributed by atoms with Gasteiger partial charge in [0.15, 0.2) is 5.82 Å². The lowest BCUT2D eigenvalue weighted by molar-refractivity contribution is 0.155. The van der Waals surface area contributed by atoms with Crippen molar-refractivity contribution in [2.75, 3.05) is 0 Å². The van der Waals surface area contributed by atoms with Crippen molar-refractivity contribution < 1.29 is 4.39 Å². The smallest absolute Gasteiger partial charge is 0.252 e. The molecule has 0 aliphatic heterocycles. The molecule has 194 valence electrons. The van der Waals surface area contributed by atoms with E-state index in [1.165, 1.54) is 31.4 Å². The van der Waals surface area contributed by atoms with E-state index in [4.69, 9.17) is 0 Å². The molecule has 0 spiro atoms. The Balaban J connectivity index is 1.54. The Morgan fingerprint density at radius 1 is 1.08 bits per heavy atom. The predicted octanol–water partition coefficient (Wildman–Crippen LogP) is 5.93. The summed E-state index contributed by atoms with van der Waals surface area (Å²) in [6, 6.07) is 13.0. The fourth-order valence-corrected chi connectivity index (χ4v) is 5.78. The Bertz CT molecular complexity index is 1420. The maximum absolute atomic E-state index is 13.7. The van der Waals surface area contributed by atoms with Crippen molar-refractivity contribution >= 4 is 10.9 Å². The summed E-state index contributed by atoms with van der Waals surface area (Å²) in [6.07, 6.45) is 6.56. The van der Waals surface area contributed by atoms with Gasteiger partial charge in [-0.2, -0.15) is 0 Å². The summed E-state index contributed by atoms with van der Waals surface area (Å²) in [5.74, 6) is 0.570. The molecule has 8 heteroatoms. The van der Waals surface area contributed by atoms with Crippen molar-refractivity contribution in [1.29, 1.82) is 0 Å². The summed E-state index contributed by atoms with van der Waals surface area (Å²) in [4.78, 5) is 18.6. The van der Waals surface area contributed by atoms with E-state index in [1.54, 1.807) is 12.1 Å². The minimum absolute atomic E-state index is 0.0923. The summed E-state index contributed by atoms with van der Waals surface area (Å²) >= 11 is 0. The van der Waals surface area contributed by atoms with Crippen molar-refractivity contribution in [3.8, 4) is 0 Å². The highest BCUT2D eigenvalue weighted by molar-refractivity contribution is 5.82. The fourth-order valence-electron chi connectivity index (χ4n) is 5.78. The monoisotopic (exact) mass is 502 g/mol. The molecule has 1 fully saturated rings.